The predicted molar refractivity (Wildman–Crippen MR) is 138 cm³/mol. The number of anilines is 3. The highest BCUT2D eigenvalue weighted by Crippen LogP contribution is 2.29. The summed E-state index contributed by atoms with van der Waals surface area (Å²) in [5, 5.41) is 13.3. The van der Waals surface area contributed by atoms with Crippen LogP contribution >= 0.6 is 11.3 Å². The van der Waals surface area contributed by atoms with Crippen LogP contribution in [-0.2, 0) is 17.8 Å². The second kappa shape index (κ2) is 11.0. The predicted octanol–water partition coefficient (Wildman–Crippen LogP) is 4.34. The van der Waals surface area contributed by atoms with Crippen LogP contribution in [0.2, 0.25) is 0 Å². The summed E-state index contributed by atoms with van der Waals surface area (Å²) in [7, 11) is 0. The van der Waals surface area contributed by atoms with Gasteiger partial charge in [-0.1, -0.05) is 30.3 Å². The van der Waals surface area contributed by atoms with Gasteiger partial charge in [0.05, 0.1) is 6.54 Å². The summed E-state index contributed by atoms with van der Waals surface area (Å²) >= 11 is 1.31. The fraction of sp³-hybridized carbons (Fsp3) is 0.280. The molecule has 9 nitrogen and oxygen atoms in total. The number of fused-ring (bicyclic) bond motifs is 1. The van der Waals surface area contributed by atoms with Crippen molar-refractivity contribution in [2.75, 3.05) is 15.5 Å². The molecule has 0 saturated carbocycles. The van der Waals surface area contributed by atoms with Crippen molar-refractivity contribution in [2.24, 2.45) is 0 Å². The van der Waals surface area contributed by atoms with Gasteiger partial charge in [-0.15, -0.1) is 11.3 Å². The highest BCUT2D eigenvalue weighted by atomic mass is 32.1. The average Bonchev–Trinajstić information content (AvgIpc) is 3.28. The van der Waals surface area contributed by atoms with E-state index in [1.54, 1.807) is 22.5 Å². The summed E-state index contributed by atoms with van der Waals surface area (Å²) in [6, 6.07) is 13.7. The van der Waals surface area contributed by atoms with Gasteiger partial charge in [0, 0.05) is 29.0 Å². The number of nitrogens with one attached hydrogen (secondary N) is 4. The van der Waals surface area contributed by atoms with Crippen LogP contribution in [0.25, 0.3) is 0 Å². The Morgan fingerprint density at radius 2 is 1.94 bits per heavy atom. The quantitative estimate of drug-likeness (QED) is 0.410. The van der Waals surface area contributed by atoms with Crippen molar-refractivity contribution in [3.05, 3.63) is 71.2 Å². The number of carbonyl (C=O) groups is 3. The van der Waals surface area contributed by atoms with E-state index < -0.39 is 12.1 Å². The van der Waals surface area contributed by atoms with Crippen molar-refractivity contribution in [1.82, 2.24) is 15.6 Å². The first-order valence-corrected chi connectivity index (χ1v) is 12.3. The smallest absolute Gasteiger partial charge is 0.321 e. The van der Waals surface area contributed by atoms with E-state index >= 15 is 0 Å². The molecule has 10 heteroatoms. The molecule has 1 aliphatic heterocycles. The number of aryl methyl sites for hydroxylation is 1. The van der Waals surface area contributed by atoms with Gasteiger partial charge in [0.2, 0.25) is 5.91 Å². The Kier molecular flexibility index (Phi) is 7.61. The van der Waals surface area contributed by atoms with E-state index in [0.717, 1.165) is 16.8 Å². The Morgan fingerprint density at radius 1 is 1.11 bits per heavy atom. The lowest BCUT2D eigenvalue weighted by Crippen LogP contribution is -2.49. The number of urea groups is 2. The highest BCUT2D eigenvalue weighted by molar-refractivity contribution is 7.13. The molecule has 0 bridgehead atoms. The van der Waals surface area contributed by atoms with Gasteiger partial charge in [-0.05, 0) is 56.0 Å². The summed E-state index contributed by atoms with van der Waals surface area (Å²) in [6.45, 7) is 4.07. The molecule has 0 saturated heterocycles. The Morgan fingerprint density at radius 3 is 2.71 bits per heavy atom. The first-order chi connectivity index (χ1) is 16.9. The molecule has 1 aliphatic rings. The van der Waals surface area contributed by atoms with E-state index in [2.05, 4.69) is 26.3 Å². The molecule has 3 aromatic rings. The van der Waals surface area contributed by atoms with E-state index in [4.69, 9.17) is 0 Å². The molecule has 0 radical (unpaired) electrons. The molecule has 0 fully saturated rings. The van der Waals surface area contributed by atoms with Crippen molar-refractivity contribution in [3.8, 4) is 0 Å². The Hall–Kier alpha value is -3.92. The molecule has 2 aromatic carbocycles. The van der Waals surface area contributed by atoms with E-state index in [1.807, 2.05) is 56.3 Å². The standard InChI is InChI=1S/C25H28N6O3S/c1-16(2)27-23(33)28-19-8-5-6-17(14-19)15-31-21-9-4-3-7-18(21)10-11-20(22(31)32)29-24(34)30-25-26-12-13-35-25/h3-9,12-14,16,20H,10-11,15H2,1-2H3,(H2,27,28,33)(H2,26,29,30,34). The Labute approximate surface area is 207 Å². The van der Waals surface area contributed by atoms with Crippen LogP contribution in [-0.4, -0.2) is 35.0 Å². The van der Waals surface area contributed by atoms with Gasteiger partial charge in [-0.2, -0.15) is 0 Å². The monoisotopic (exact) mass is 492 g/mol. The van der Waals surface area contributed by atoms with E-state index in [9.17, 15) is 14.4 Å². The van der Waals surface area contributed by atoms with E-state index in [0.29, 0.717) is 30.2 Å². The van der Waals surface area contributed by atoms with Crippen LogP contribution < -0.4 is 26.2 Å². The summed E-state index contributed by atoms with van der Waals surface area (Å²) in [6.07, 6.45) is 2.73. The molecule has 0 aliphatic carbocycles. The zero-order valence-electron chi connectivity index (χ0n) is 19.6. The number of amides is 5. The van der Waals surface area contributed by atoms with E-state index in [-0.39, 0.29) is 18.0 Å². The largest absolute Gasteiger partial charge is 0.336 e. The molecular weight excluding hydrogens is 464 g/mol. The minimum atomic E-state index is -0.694. The van der Waals surface area contributed by atoms with Gasteiger partial charge in [0.1, 0.15) is 6.04 Å². The highest BCUT2D eigenvalue weighted by Gasteiger charge is 2.31. The molecular formula is C25H28N6O3S. The second-order valence-electron chi connectivity index (χ2n) is 8.53. The van der Waals surface area contributed by atoms with Crippen LogP contribution in [0.15, 0.2) is 60.1 Å². The molecule has 1 aromatic heterocycles. The second-order valence-corrected chi connectivity index (χ2v) is 9.43. The number of rotatable bonds is 6. The normalized spacial score (nSPS) is 15.2. The molecule has 1 unspecified atom stereocenters. The number of nitrogens with zero attached hydrogens (tertiary/aromatic N) is 2. The Bertz CT molecular complexity index is 1200. The lowest BCUT2D eigenvalue weighted by molar-refractivity contribution is -0.120. The Balaban J connectivity index is 1.53. The van der Waals surface area contributed by atoms with Crippen molar-refractivity contribution >= 4 is 45.8 Å². The van der Waals surface area contributed by atoms with Crippen LogP contribution in [0.5, 0.6) is 0 Å². The summed E-state index contributed by atoms with van der Waals surface area (Å²) in [5.41, 5.74) is 3.34. The number of hydrogen-bond acceptors (Lipinski definition) is 5. The number of carbonyl (C=O) groups excluding carboxylic acids is 3. The van der Waals surface area contributed by atoms with Crippen molar-refractivity contribution < 1.29 is 14.4 Å². The maximum absolute atomic E-state index is 13.6. The maximum Gasteiger partial charge on any atom is 0.321 e. The lowest BCUT2D eigenvalue weighted by Gasteiger charge is -2.26. The zero-order valence-corrected chi connectivity index (χ0v) is 20.4. The summed E-state index contributed by atoms with van der Waals surface area (Å²) < 4.78 is 0. The average molecular weight is 493 g/mol. The van der Waals surface area contributed by atoms with Crippen LogP contribution in [0.4, 0.5) is 26.1 Å². The number of para-hydroxylation sites is 1. The molecule has 35 heavy (non-hydrogen) atoms. The first kappa shape index (κ1) is 24.2. The van der Waals surface area contributed by atoms with Gasteiger partial charge < -0.3 is 20.9 Å². The van der Waals surface area contributed by atoms with Gasteiger partial charge >= 0.3 is 12.1 Å². The van der Waals surface area contributed by atoms with Crippen LogP contribution in [0, 0.1) is 0 Å². The molecule has 182 valence electrons. The molecule has 4 rings (SSSR count). The number of aromatic nitrogens is 1. The number of benzene rings is 2. The number of thiazole rings is 1. The van der Waals surface area contributed by atoms with Gasteiger partial charge in [0.15, 0.2) is 5.13 Å². The number of hydrogen-bond donors (Lipinski definition) is 4. The molecule has 4 N–H and O–H groups in total. The zero-order chi connectivity index (χ0) is 24.8. The van der Waals surface area contributed by atoms with Crippen molar-refractivity contribution in [2.45, 2.75) is 45.3 Å². The fourth-order valence-corrected chi connectivity index (χ4v) is 4.47. The van der Waals surface area contributed by atoms with Crippen LogP contribution in [0.3, 0.4) is 0 Å². The molecule has 2 heterocycles. The van der Waals surface area contributed by atoms with Crippen molar-refractivity contribution in [3.63, 3.8) is 0 Å². The molecule has 5 amide bonds. The third-order valence-electron chi connectivity index (χ3n) is 5.45. The maximum atomic E-state index is 13.6. The van der Waals surface area contributed by atoms with Gasteiger partial charge in [-0.3, -0.25) is 10.1 Å². The molecule has 1 atom stereocenters. The third-order valence-corrected chi connectivity index (χ3v) is 6.14. The molecule has 0 spiro atoms. The minimum absolute atomic E-state index is 0.0154. The third kappa shape index (κ3) is 6.36. The van der Waals surface area contributed by atoms with Crippen LogP contribution in [0.1, 0.15) is 31.4 Å². The lowest BCUT2D eigenvalue weighted by atomic mass is 10.1. The van der Waals surface area contributed by atoms with Gasteiger partial charge in [-0.25, -0.2) is 14.6 Å². The first-order valence-electron chi connectivity index (χ1n) is 11.4. The van der Waals surface area contributed by atoms with Crippen molar-refractivity contribution in [1.29, 1.82) is 0 Å². The summed E-state index contributed by atoms with van der Waals surface area (Å²) in [5.74, 6) is -0.194. The van der Waals surface area contributed by atoms with Gasteiger partial charge in [0.25, 0.3) is 0 Å². The fourth-order valence-electron chi connectivity index (χ4n) is 3.95. The topological polar surface area (TPSA) is 115 Å². The summed E-state index contributed by atoms with van der Waals surface area (Å²) in [4.78, 5) is 44.0. The van der Waals surface area contributed by atoms with E-state index in [1.165, 1.54) is 11.3 Å². The SMILES string of the molecule is CC(C)NC(=O)Nc1cccc(CN2C(=O)C(NC(=O)Nc3nccs3)CCc3ccccc32)c1. The minimum Gasteiger partial charge on any atom is -0.336 e.